The van der Waals surface area contributed by atoms with Crippen LogP contribution in [0.3, 0.4) is 0 Å². The fourth-order valence-corrected chi connectivity index (χ4v) is 3.01. The third-order valence-corrected chi connectivity index (χ3v) is 4.52. The number of carbonyl (C=O) groups is 1. The number of rotatable bonds is 7. The van der Waals surface area contributed by atoms with Gasteiger partial charge in [-0.15, -0.1) is 0 Å². The molecule has 1 aromatic carbocycles. The Balaban J connectivity index is 2.44. The fraction of sp³-hybridized carbons (Fsp3) is 0.267. The number of ether oxygens (including phenoxy) is 1. The van der Waals surface area contributed by atoms with E-state index < -0.39 is 39.1 Å². The second-order valence-corrected chi connectivity index (χ2v) is 7.08. The zero-order valence-corrected chi connectivity index (χ0v) is 15.8. The Labute approximate surface area is 157 Å². The monoisotopic (exact) mass is 453 g/mol. The van der Waals surface area contributed by atoms with Crippen LogP contribution >= 0.6 is 15.9 Å². The van der Waals surface area contributed by atoms with E-state index in [-0.39, 0.29) is 35.8 Å². The molecule has 0 aliphatic carbocycles. The van der Waals surface area contributed by atoms with E-state index in [0.717, 1.165) is 19.1 Å². The number of carbonyl (C=O) groups excluding carboxylic acids is 1. The average Bonchev–Trinajstić information content (AvgIpc) is 2.82. The minimum Gasteiger partial charge on any atom is -0.502 e. The molecule has 1 atom stereocenters. The molecule has 0 saturated heterocycles. The van der Waals surface area contributed by atoms with Crippen molar-refractivity contribution in [3.63, 3.8) is 0 Å². The van der Waals surface area contributed by atoms with Crippen molar-refractivity contribution in [3.8, 4) is 22.8 Å². The molecule has 1 heterocycles. The van der Waals surface area contributed by atoms with E-state index in [9.17, 15) is 27.1 Å². The van der Waals surface area contributed by atoms with Crippen LogP contribution in [-0.2, 0) is 15.7 Å². The van der Waals surface area contributed by atoms with E-state index in [4.69, 9.17) is 9.15 Å². The fourth-order valence-electron chi connectivity index (χ4n) is 2.17. The lowest BCUT2D eigenvalue weighted by Crippen LogP contribution is -2.14. The molecule has 0 aliphatic heterocycles. The van der Waals surface area contributed by atoms with Gasteiger partial charge >= 0.3 is 5.97 Å². The van der Waals surface area contributed by atoms with Gasteiger partial charge in [0.05, 0.1) is 4.83 Å². The number of hydrogen-bond acceptors (Lipinski definition) is 6. The summed E-state index contributed by atoms with van der Waals surface area (Å²) in [5.74, 6) is -3.75. The van der Waals surface area contributed by atoms with Gasteiger partial charge in [-0.1, -0.05) is 15.9 Å². The molecule has 2 rings (SSSR count). The SMILES string of the molecule is CC(=O)Oc1c(C(Br)CCN[SH](=O)=O)oc(-c2cc(F)cc(F)c2)c1O. The molecule has 0 aliphatic rings. The smallest absolute Gasteiger partial charge is 0.308 e. The van der Waals surface area contributed by atoms with Gasteiger partial charge in [0.15, 0.2) is 11.5 Å². The number of furan rings is 1. The molecule has 26 heavy (non-hydrogen) atoms. The van der Waals surface area contributed by atoms with Crippen LogP contribution in [0.2, 0.25) is 0 Å². The Morgan fingerprint density at radius 2 is 1.96 bits per heavy atom. The van der Waals surface area contributed by atoms with E-state index >= 15 is 0 Å². The Bertz CT molecular complexity index is 870. The van der Waals surface area contributed by atoms with E-state index in [0.29, 0.717) is 6.07 Å². The van der Waals surface area contributed by atoms with Crippen LogP contribution in [0.25, 0.3) is 11.3 Å². The number of halogens is 3. The predicted molar refractivity (Wildman–Crippen MR) is 91.6 cm³/mol. The second kappa shape index (κ2) is 8.60. The third kappa shape index (κ3) is 5.02. The third-order valence-electron chi connectivity index (χ3n) is 3.16. The first kappa shape index (κ1) is 20.3. The molecule has 0 radical (unpaired) electrons. The number of aromatic hydroxyl groups is 1. The highest BCUT2D eigenvalue weighted by Crippen LogP contribution is 2.48. The summed E-state index contributed by atoms with van der Waals surface area (Å²) in [6.45, 7) is 1.14. The molecular weight excluding hydrogens is 440 g/mol. The number of nitrogens with one attached hydrogen (secondary N) is 1. The normalized spacial score (nSPS) is 12.3. The highest BCUT2D eigenvalue weighted by Gasteiger charge is 2.28. The van der Waals surface area contributed by atoms with Crippen molar-refractivity contribution >= 4 is 32.8 Å². The van der Waals surface area contributed by atoms with Crippen molar-refractivity contribution in [3.05, 3.63) is 35.6 Å². The van der Waals surface area contributed by atoms with Gasteiger partial charge in [-0.2, -0.15) is 0 Å². The van der Waals surface area contributed by atoms with Gasteiger partial charge in [-0.3, -0.25) is 4.79 Å². The number of thiol groups is 1. The first-order chi connectivity index (χ1) is 12.2. The maximum absolute atomic E-state index is 13.4. The molecule has 0 amide bonds. The summed E-state index contributed by atoms with van der Waals surface area (Å²) in [6, 6.07) is 2.53. The summed E-state index contributed by atoms with van der Waals surface area (Å²) in [5.41, 5.74) is -0.0971. The Hall–Kier alpha value is -1.98. The molecule has 2 aromatic rings. The number of hydrogen-bond donors (Lipinski definition) is 3. The van der Waals surface area contributed by atoms with Crippen LogP contribution in [0.15, 0.2) is 22.6 Å². The average molecular weight is 454 g/mol. The lowest BCUT2D eigenvalue weighted by Gasteiger charge is -2.08. The predicted octanol–water partition coefficient (Wildman–Crippen LogP) is 2.80. The minimum absolute atomic E-state index is 0.0275. The molecule has 11 heteroatoms. The van der Waals surface area contributed by atoms with Gasteiger partial charge in [-0.05, 0) is 18.6 Å². The molecule has 7 nitrogen and oxygen atoms in total. The standard InChI is InChI=1S/C15H14BrF2NO6S/c1-7(20)24-15-12(21)13(8-4-9(17)6-10(18)5-8)25-14(15)11(16)2-3-19-26(22)23/h4-6,11,21,26H,2-3H2,1H3,(H,19,22,23). The van der Waals surface area contributed by atoms with Crippen LogP contribution in [0.1, 0.15) is 23.9 Å². The molecule has 0 saturated carbocycles. The highest BCUT2D eigenvalue weighted by atomic mass is 79.9. The van der Waals surface area contributed by atoms with Gasteiger partial charge in [0.2, 0.25) is 22.4 Å². The summed E-state index contributed by atoms with van der Waals surface area (Å²) in [6.07, 6.45) is 0.182. The summed E-state index contributed by atoms with van der Waals surface area (Å²) < 4.78 is 60.6. The summed E-state index contributed by atoms with van der Waals surface area (Å²) in [4.78, 5) is 10.6. The lowest BCUT2D eigenvalue weighted by atomic mass is 10.1. The molecule has 0 spiro atoms. The first-order valence-electron chi connectivity index (χ1n) is 7.21. The van der Waals surface area contributed by atoms with Crippen molar-refractivity contribution in [1.82, 2.24) is 4.72 Å². The van der Waals surface area contributed by atoms with Crippen LogP contribution < -0.4 is 9.46 Å². The minimum atomic E-state index is -2.79. The van der Waals surface area contributed by atoms with Gasteiger partial charge in [0.1, 0.15) is 11.6 Å². The van der Waals surface area contributed by atoms with E-state index in [1.165, 1.54) is 0 Å². The quantitative estimate of drug-likeness (QED) is 0.338. The van der Waals surface area contributed by atoms with Crippen LogP contribution in [-0.4, -0.2) is 26.0 Å². The van der Waals surface area contributed by atoms with E-state index in [1.54, 1.807) is 0 Å². The van der Waals surface area contributed by atoms with Gasteiger partial charge in [0.25, 0.3) is 0 Å². The van der Waals surface area contributed by atoms with Crippen molar-refractivity contribution < 1.29 is 36.3 Å². The molecule has 0 fully saturated rings. The molecular formula is C15H14BrF2NO6S. The molecule has 0 bridgehead atoms. The van der Waals surface area contributed by atoms with Gasteiger partial charge in [0, 0.05) is 25.1 Å². The molecule has 2 N–H and O–H groups in total. The van der Waals surface area contributed by atoms with Crippen LogP contribution in [0, 0.1) is 11.6 Å². The maximum Gasteiger partial charge on any atom is 0.308 e. The van der Waals surface area contributed by atoms with E-state index in [1.807, 2.05) is 0 Å². The topological polar surface area (TPSA) is 106 Å². The summed E-state index contributed by atoms with van der Waals surface area (Å²) in [5, 5.41) is 10.3. The second-order valence-electron chi connectivity index (χ2n) is 5.15. The van der Waals surface area contributed by atoms with Gasteiger partial charge in [-0.25, -0.2) is 21.9 Å². The Kier molecular flexibility index (Phi) is 6.73. The zero-order chi connectivity index (χ0) is 19.4. The number of esters is 1. The number of alkyl halides is 1. The van der Waals surface area contributed by atoms with Crippen LogP contribution in [0.5, 0.6) is 11.5 Å². The van der Waals surface area contributed by atoms with Crippen molar-refractivity contribution in [1.29, 1.82) is 0 Å². The largest absolute Gasteiger partial charge is 0.502 e. The summed E-state index contributed by atoms with van der Waals surface area (Å²) >= 11 is 3.24. The Morgan fingerprint density at radius 1 is 1.35 bits per heavy atom. The number of benzene rings is 1. The van der Waals surface area contributed by atoms with Crippen molar-refractivity contribution in [2.24, 2.45) is 0 Å². The van der Waals surface area contributed by atoms with Crippen molar-refractivity contribution in [2.75, 3.05) is 6.54 Å². The highest BCUT2D eigenvalue weighted by molar-refractivity contribution is 9.09. The maximum atomic E-state index is 13.4. The molecule has 142 valence electrons. The van der Waals surface area contributed by atoms with Gasteiger partial charge < -0.3 is 14.3 Å². The molecule has 1 unspecified atom stereocenters. The summed E-state index contributed by atoms with van der Waals surface area (Å²) in [7, 11) is -2.79. The van der Waals surface area contributed by atoms with E-state index in [2.05, 4.69) is 20.7 Å². The molecule has 1 aromatic heterocycles. The lowest BCUT2D eigenvalue weighted by molar-refractivity contribution is -0.132. The van der Waals surface area contributed by atoms with Crippen molar-refractivity contribution in [2.45, 2.75) is 18.2 Å². The van der Waals surface area contributed by atoms with Crippen LogP contribution in [0.4, 0.5) is 8.78 Å². The zero-order valence-electron chi connectivity index (χ0n) is 13.3. The first-order valence-corrected chi connectivity index (χ1v) is 9.30. The Morgan fingerprint density at radius 3 is 2.50 bits per heavy atom.